The molecular weight excluding hydrogens is 266 g/mol. The van der Waals surface area contributed by atoms with E-state index in [-0.39, 0.29) is 5.91 Å². The van der Waals surface area contributed by atoms with Crippen molar-refractivity contribution in [2.45, 2.75) is 18.9 Å². The van der Waals surface area contributed by atoms with Gasteiger partial charge in [-0.25, -0.2) is 0 Å². The summed E-state index contributed by atoms with van der Waals surface area (Å²) in [5.41, 5.74) is 0.606. The largest absolute Gasteiger partial charge is 0.491 e. The third kappa shape index (κ3) is 5.02. The van der Waals surface area contributed by atoms with Crippen molar-refractivity contribution in [3.63, 3.8) is 0 Å². The molecule has 1 unspecified atom stereocenters. The molecule has 2 rings (SSSR count). The van der Waals surface area contributed by atoms with E-state index in [1.807, 2.05) is 38.4 Å². The second-order valence-electron chi connectivity index (χ2n) is 5.65. The Kier molecular flexibility index (Phi) is 6.02. The summed E-state index contributed by atoms with van der Waals surface area (Å²) in [5.74, 6) is 0.584. The molecule has 0 radical (unpaired) electrons. The maximum Gasteiger partial charge on any atom is 0.255 e. The first-order valence-electron chi connectivity index (χ1n) is 7.55. The summed E-state index contributed by atoms with van der Waals surface area (Å²) >= 11 is 0. The first kappa shape index (κ1) is 15.8. The van der Waals surface area contributed by atoms with E-state index in [2.05, 4.69) is 15.5 Å². The lowest BCUT2D eigenvalue weighted by Gasteiger charge is -2.15. The number of carbonyl (C=O) groups is 1. The van der Waals surface area contributed by atoms with E-state index < -0.39 is 0 Å². The van der Waals surface area contributed by atoms with Crippen molar-refractivity contribution in [1.82, 2.24) is 15.5 Å². The van der Waals surface area contributed by atoms with Crippen molar-refractivity contribution in [2.24, 2.45) is 0 Å². The summed E-state index contributed by atoms with van der Waals surface area (Å²) in [6.07, 6.45) is 2.31. The smallest absolute Gasteiger partial charge is 0.255 e. The second-order valence-corrected chi connectivity index (χ2v) is 5.65. The van der Waals surface area contributed by atoms with Gasteiger partial charge < -0.3 is 20.3 Å². The molecule has 1 fully saturated rings. The Hall–Kier alpha value is -1.59. The molecule has 116 valence electrons. The molecule has 21 heavy (non-hydrogen) atoms. The Bertz CT molecular complexity index is 457. The molecule has 1 aromatic rings. The zero-order valence-corrected chi connectivity index (χ0v) is 12.9. The molecule has 1 saturated heterocycles. The van der Waals surface area contributed by atoms with Gasteiger partial charge in [0.05, 0.1) is 5.56 Å². The predicted molar refractivity (Wildman–Crippen MR) is 83.8 cm³/mol. The van der Waals surface area contributed by atoms with Gasteiger partial charge in [0, 0.05) is 19.1 Å². The zero-order valence-electron chi connectivity index (χ0n) is 12.9. The van der Waals surface area contributed by atoms with Crippen LogP contribution in [0.25, 0.3) is 0 Å². The molecule has 1 atom stereocenters. The van der Waals surface area contributed by atoms with Gasteiger partial charge in [-0.2, -0.15) is 0 Å². The second kappa shape index (κ2) is 8.00. The third-order valence-electron chi connectivity index (χ3n) is 3.60. The average Bonchev–Trinajstić information content (AvgIpc) is 2.98. The third-order valence-corrected chi connectivity index (χ3v) is 3.60. The molecule has 1 aliphatic rings. The Balaban J connectivity index is 1.89. The van der Waals surface area contributed by atoms with Gasteiger partial charge in [-0.05, 0) is 45.6 Å². The van der Waals surface area contributed by atoms with Crippen molar-refractivity contribution in [3.05, 3.63) is 29.8 Å². The number of benzene rings is 1. The summed E-state index contributed by atoms with van der Waals surface area (Å²) in [4.78, 5) is 14.3. The fourth-order valence-electron chi connectivity index (χ4n) is 2.36. The fourth-order valence-corrected chi connectivity index (χ4v) is 2.36. The van der Waals surface area contributed by atoms with Crippen LogP contribution in [-0.2, 0) is 0 Å². The lowest BCUT2D eigenvalue weighted by atomic mass is 10.1. The minimum Gasteiger partial charge on any atom is -0.491 e. The van der Waals surface area contributed by atoms with Gasteiger partial charge in [-0.15, -0.1) is 0 Å². The van der Waals surface area contributed by atoms with E-state index in [9.17, 15) is 4.79 Å². The maximum absolute atomic E-state index is 12.3. The minimum atomic E-state index is -0.0656. The van der Waals surface area contributed by atoms with E-state index in [0.717, 1.165) is 19.5 Å². The highest BCUT2D eigenvalue weighted by Crippen LogP contribution is 2.17. The number of hydrogen-bond acceptors (Lipinski definition) is 4. The highest BCUT2D eigenvalue weighted by molar-refractivity contribution is 5.96. The lowest BCUT2D eigenvalue weighted by molar-refractivity contribution is 0.0946. The van der Waals surface area contributed by atoms with Crippen LogP contribution in [0.2, 0.25) is 0 Å². The molecule has 5 heteroatoms. The number of carbonyl (C=O) groups excluding carboxylic acids is 1. The van der Waals surface area contributed by atoms with Crippen molar-refractivity contribution >= 4 is 5.91 Å². The van der Waals surface area contributed by atoms with Crippen molar-refractivity contribution in [2.75, 3.05) is 40.3 Å². The summed E-state index contributed by atoms with van der Waals surface area (Å²) < 4.78 is 5.72. The molecule has 1 amide bonds. The fraction of sp³-hybridized carbons (Fsp3) is 0.562. The molecule has 0 spiro atoms. The van der Waals surface area contributed by atoms with Crippen LogP contribution in [0.4, 0.5) is 0 Å². The monoisotopic (exact) mass is 291 g/mol. The Morgan fingerprint density at radius 1 is 1.43 bits per heavy atom. The Morgan fingerprint density at radius 2 is 2.24 bits per heavy atom. The van der Waals surface area contributed by atoms with Gasteiger partial charge in [0.15, 0.2) is 0 Å². The van der Waals surface area contributed by atoms with Crippen LogP contribution >= 0.6 is 0 Å². The number of hydrogen-bond donors (Lipinski definition) is 2. The van der Waals surface area contributed by atoms with Gasteiger partial charge in [-0.3, -0.25) is 4.79 Å². The van der Waals surface area contributed by atoms with Crippen LogP contribution < -0.4 is 15.4 Å². The Labute approximate surface area is 126 Å². The highest BCUT2D eigenvalue weighted by Gasteiger charge is 2.17. The van der Waals surface area contributed by atoms with Crippen molar-refractivity contribution < 1.29 is 9.53 Å². The first-order chi connectivity index (χ1) is 10.2. The van der Waals surface area contributed by atoms with Crippen LogP contribution in [-0.4, -0.2) is 57.2 Å². The highest BCUT2D eigenvalue weighted by atomic mass is 16.5. The molecule has 1 aliphatic heterocycles. The molecule has 2 N–H and O–H groups in total. The standard InChI is InChI=1S/C16H25N3O2/c1-19(2)10-11-21-15-8-4-3-7-14(15)16(20)18-12-13-6-5-9-17-13/h3-4,7-8,13,17H,5-6,9-12H2,1-2H3,(H,18,20). The number of nitrogens with zero attached hydrogens (tertiary/aromatic N) is 1. The van der Waals surface area contributed by atoms with E-state index in [1.54, 1.807) is 0 Å². The van der Waals surface area contributed by atoms with Gasteiger partial charge >= 0.3 is 0 Å². The Morgan fingerprint density at radius 3 is 2.95 bits per heavy atom. The van der Waals surface area contributed by atoms with E-state index in [0.29, 0.717) is 30.5 Å². The molecule has 1 aromatic carbocycles. The van der Waals surface area contributed by atoms with Crippen LogP contribution in [0.1, 0.15) is 23.2 Å². The van der Waals surface area contributed by atoms with Crippen LogP contribution in [0.5, 0.6) is 5.75 Å². The van der Waals surface area contributed by atoms with Gasteiger partial charge in [0.25, 0.3) is 5.91 Å². The van der Waals surface area contributed by atoms with Gasteiger partial charge in [0.1, 0.15) is 12.4 Å². The van der Waals surface area contributed by atoms with Gasteiger partial charge in [-0.1, -0.05) is 12.1 Å². The zero-order chi connectivity index (χ0) is 15.1. The van der Waals surface area contributed by atoms with Crippen molar-refractivity contribution in [1.29, 1.82) is 0 Å². The number of likely N-dealkylation sites (N-methyl/N-ethyl adjacent to an activating group) is 1. The summed E-state index contributed by atoms with van der Waals surface area (Å²) in [6, 6.07) is 7.80. The molecule has 0 saturated carbocycles. The first-order valence-corrected chi connectivity index (χ1v) is 7.55. The summed E-state index contributed by atoms with van der Waals surface area (Å²) in [5, 5.41) is 6.36. The number of ether oxygens (including phenoxy) is 1. The SMILES string of the molecule is CN(C)CCOc1ccccc1C(=O)NCC1CCCN1. The quantitative estimate of drug-likeness (QED) is 0.790. The summed E-state index contributed by atoms with van der Waals surface area (Å²) in [6.45, 7) is 3.11. The maximum atomic E-state index is 12.3. The average molecular weight is 291 g/mol. The molecular formula is C16H25N3O2. The van der Waals surface area contributed by atoms with Crippen LogP contribution in [0.3, 0.4) is 0 Å². The molecule has 0 aliphatic carbocycles. The minimum absolute atomic E-state index is 0.0656. The number of rotatable bonds is 7. The topological polar surface area (TPSA) is 53.6 Å². The van der Waals surface area contributed by atoms with Crippen LogP contribution in [0, 0.1) is 0 Å². The summed E-state index contributed by atoms with van der Waals surface area (Å²) in [7, 11) is 3.99. The molecule has 0 aromatic heterocycles. The molecule has 5 nitrogen and oxygen atoms in total. The number of nitrogens with one attached hydrogen (secondary N) is 2. The van der Waals surface area contributed by atoms with E-state index >= 15 is 0 Å². The van der Waals surface area contributed by atoms with E-state index in [1.165, 1.54) is 6.42 Å². The molecule has 1 heterocycles. The van der Waals surface area contributed by atoms with Gasteiger partial charge in [0.2, 0.25) is 0 Å². The normalized spacial score (nSPS) is 18.0. The van der Waals surface area contributed by atoms with Crippen molar-refractivity contribution in [3.8, 4) is 5.75 Å². The number of para-hydroxylation sites is 1. The molecule has 0 bridgehead atoms. The van der Waals surface area contributed by atoms with E-state index in [4.69, 9.17) is 4.74 Å². The van der Waals surface area contributed by atoms with Crippen LogP contribution in [0.15, 0.2) is 24.3 Å². The predicted octanol–water partition coefficient (Wildman–Crippen LogP) is 1.11. The number of amides is 1. The lowest BCUT2D eigenvalue weighted by Crippen LogP contribution is -2.37.